The van der Waals surface area contributed by atoms with E-state index in [-0.39, 0.29) is 18.5 Å². The average molecular weight is 328 g/mol. The molecule has 0 rings (SSSR count). The molecular formula is C19H36O4. The summed E-state index contributed by atoms with van der Waals surface area (Å²) in [4.78, 5) is 22.2. The highest BCUT2D eigenvalue weighted by Gasteiger charge is 2.12. The standard InChI is InChI=1S/C19H36O4/c1-3-5-6-7-8-11-14-17(4-2)23-19(22)16-13-10-9-12-15-18(20)21/h17H,3-16H2,1-2H3,(H,20,21). The fourth-order valence-corrected chi connectivity index (χ4v) is 2.64. The molecule has 136 valence electrons. The topological polar surface area (TPSA) is 63.6 Å². The van der Waals surface area contributed by atoms with Crippen LogP contribution in [0.4, 0.5) is 0 Å². The van der Waals surface area contributed by atoms with Gasteiger partial charge in [-0.15, -0.1) is 0 Å². The molecule has 1 N–H and O–H groups in total. The largest absolute Gasteiger partial charge is 0.481 e. The van der Waals surface area contributed by atoms with Gasteiger partial charge in [0.25, 0.3) is 0 Å². The lowest BCUT2D eigenvalue weighted by molar-refractivity contribution is -0.149. The van der Waals surface area contributed by atoms with E-state index in [0.29, 0.717) is 12.8 Å². The number of esters is 1. The van der Waals surface area contributed by atoms with Crippen molar-refractivity contribution in [2.75, 3.05) is 0 Å². The van der Waals surface area contributed by atoms with Crippen LogP contribution in [0.5, 0.6) is 0 Å². The molecule has 4 heteroatoms. The quantitative estimate of drug-likeness (QED) is 0.301. The Balaban J connectivity index is 3.57. The summed E-state index contributed by atoms with van der Waals surface area (Å²) < 4.78 is 5.54. The zero-order valence-electron chi connectivity index (χ0n) is 15.1. The van der Waals surface area contributed by atoms with E-state index in [1.165, 1.54) is 32.1 Å². The molecule has 0 aliphatic carbocycles. The van der Waals surface area contributed by atoms with Gasteiger partial charge in [0, 0.05) is 12.8 Å². The Kier molecular flexibility index (Phi) is 15.1. The van der Waals surface area contributed by atoms with Gasteiger partial charge in [-0.1, -0.05) is 58.8 Å². The maximum atomic E-state index is 11.8. The van der Waals surface area contributed by atoms with Crippen LogP contribution >= 0.6 is 0 Å². The van der Waals surface area contributed by atoms with Gasteiger partial charge in [-0.3, -0.25) is 9.59 Å². The van der Waals surface area contributed by atoms with Crippen LogP contribution in [0.15, 0.2) is 0 Å². The third-order valence-corrected chi connectivity index (χ3v) is 4.15. The Hall–Kier alpha value is -1.06. The molecule has 0 aromatic carbocycles. The third kappa shape index (κ3) is 15.6. The zero-order valence-corrected chi connectivity index (χ0v) is 15.1. The second kappa shape index (κ2) is 15.8. The first kappa shape index (κ1) is 21.9. The molecule has 1 unspecified atom stereocenters. The first-order valence-electron chi connectivity index (χ1n) is 9.51. The van der Waals surface area contributed by atoms with Crippen molar-refractivity contribution < 1.29 is 19.4 Å². The molecular weight excluding hydrogens is 292 g/mol. The summed E-state index contributed by atoms with van der Waals surface area (Å²) >= 11 is 0. The van der Waals surface area contributed by atoms with Crippen LogP contribution in [0.25, 0.3) is 0 Å². The fraction of sp³-hybridized carbons (Fsp3) is 0.895. The molecule has 0 fully saturated rings. The number of rotatable bonds is 16. The molecule has 0 heterocycles. The van der Waals surface area contributed by atoms with E-state index >= 15 is 0 Å². The van der Waals surface area contributed by atoms with Crippen molar-refractivity contribution >= 4 is 11.9 Å². The summed E-state index contributed by atoms with van der Waals surface area (Å²) in [6.45, 7) is 4.29. The zero-order chi connectivity index (χ0) is 17.3. The van der Waals surface area contributed by atoms with Gasteiger partial charge >= 0.3 is 11.9 Å². The SMILES string of the molecule is CCCCCCCCC(CC)OC(=O)CCCCCCC(=O)O. The first-order valence-corrected chi connectivity index (χ1v) is 9.51. The van der Waals surface area contributed by atoms with Crippen LogP contribution in [-0.2, 0) is 14.3 Å². The molecule has 0 bridgehead atoms. The van der Waals surface area contributed by atoms with Crippen molar-refractivity contribution in [3.05, 3.63) is 0 Å². The van der Waals surface area contributed by atoms with E-state index in [2.05, 4.69) is 13.8 Å². The lowest BCUT2D eigenvalue weighted by atomic mass is 10.1. The van der Waals surface area contributed by atoms with Crippen molar-refractivity contribution in [3.63, 3.8) is 0 Å². The molecule has 1 atom stereocenters. The van der Waals surface area contributed by atoms with Crippen molar-refractivity contribution in [1.29, 1.82) is 0 Å². The predicted octanol–water partition coefficient (Wildman–Crippen LogP) is 5.48. The number of carbonyl (C=O) groups excluding carboxylic acids is 1. The molecule has 0 saturated carbocycles. The number of aliphatic carboxylic acids is 1. The highest BCUT2D eigenvalue weighted by atomic mass is 16.5. The molecule has 0 aromatic heterocycles. The summed E-state index contributed by atoms with van der Waals surface area (Å²) in [5, 5.41) is 8.54. The highest BCUT2D eigenvalue weighted by Crippen LogP contribution is 2.14. The molecule has 4 nitrogen and oxygen atoms in total. The normalized spacial score (nSPS) is 12.1. The van der Waals surface area contributed by atoms with E-state index in [9.17, 15) is 9.59 Å². The summed E-state index contributed by atoms with van der Waals surface area (Å²) in [6, 6.07) is 0. The Labute approximate surface area is 142 Å². The summed E-state index contributed by atoms with van der Waals surface area (Å²) in [7, 11) is 0. The Bertz CT molecular complexity index is 302. The minimum Gasteiger partial charge on any atom is -0.481 e. The predicted molar refractivity (Wildman–Crippen MR) is 93.5 cm³/mol. The highest BCUT2D eigenvalue weighted by molar-refractivity contribution is 5.69. The van der Waals surface area contributed by atoms with Gasteiger partial charge in [-0.2, -0.15) is 0 Å². The van der Waals surface area contributed by atoms with E-state index in [1.807, 2.05) is 0 Å². The first-order chi connectivity index (χ1) is 11.1. The number of carboxylic acid groups (broad SMARTS) is 1. The summed E-state index contributed by atoms with van der Waals surface area (Å²) in [5.41, 5.74) is 0. The molecule has 0 amide bonds. The van der Waals surface area contributed by atoms with E-state index < -0.39 is 5.97 Å². The van der Waals surface area contributed by atoms with Crippen LogP contribution in [-0.4, -0.2) is 23.1 Å². The molecule has 0 aliphatic rings. The smallest absolute Gasteiger partial charge is 0.306 e. The number of carboxylic acids is 1. The molecule has 0 aromatic rings. The molecule has 0 aliphatic heterocycles. The van der Waals surface area contributed by atoms with Crippen molar-refractivity contribution in [1.82, 2.24) is 0 Å². The van der Waals surface area contributed by atoms with Gasteiger partial charge in [0.15, 0.2) is 0 Å². The number of unbranched alkanes of at least 4 members (excludes halogenated alkanes) is 8. The molecule has 23 heavy (non-hydrogen) atoms. The minimum absolute atomic E-state index is 0.0701. The van der Waals surface area contributed by atoms with Crippen LogP contribution < -0.4 is 0 Å². The number of carbonyl (C=O) groups is 2. The fourth-order valence-electron chi connectivity index (χ4n) is 2.64. The maximum Gasteiger partial charge on any atom is 0.306 e. The van der Waals surface area contributed by atoms with Crippen LogP contribution in [0.1, 0.15) is 104 Å². The van der Waals surface area contributed by atoms with Gasteiger partial charge in [0.1, 0.15) is 6.10 Å². The van der Waals surface area contributed by atoms with Gasteiger partial charge in [-0.25, -0.2) is 0 Å². The second-order valence-corrected chi connectivity index (χ2v) is 6.38. The van der Waals surface area contributed by atoms with E-state index in [4.69, 9.17) is 9.84 Å². The summed E-state index contributed by atoms with van der Waals surface area (Å²) in [6.07, 6.45) is 13.4. The second-order valence-electron chi connectivity index (χ2n) is 6.38. The Morgan fingerprint density at radius 3 is 2.00 bits per heavy atom. The average Bonchev–Trinajstić information content (AvgIpc) is 2.52. The van der Waals surface area contributed by atoms with Gasteiger partial charge in [-0.05, 0) is 32.1 Å². The third-order valence-electron chi connectivity index (χ3n) is 4.15. The van der Waals surface area contributed by atoms with Crippen LogP contribution in [0, 0.1) is 0 Å². The number of ether oxygens (including phenoxy) is 1. The Morgan fingerprint density at radius 2 is 1.39 bits per heavy atom. The van der Waals surface area contributed by atoms with Gasteiger partial charge < -0.3 is 9.84 Å². The number of hydrogen-bond donors (Lipinski definition) is 1. The van der Waals surface area contributed by atoms with E-state index in [1.54, 1.807) is 0 Å². The van der Waals surface area contributed by atoms with Crippen molar-refractivity contribution in [3.8, 4) is 0 Å². The van der Waals surface area contributed by atoms with Gasteiger partial charge in [0.2, 0.25) is 0 Å². The lowest BCUT2D eigenvalue weighted by Crippen LogP contribution is -2.17. The van der Waals surface area contributed by atoms with Crippen molar-refractivity contribution in [2.24, 2.45) is 0 Å². The van der Waals surface area contributed by atoms with Crippen LogP contribution in [0.2, 0.25) is 0 Å². The maximum absolute atomic E-state index is 11.8. The molecule has 0 saturated heterocycles. The molecule has 0 spiro atoms. The van der Waals surface area contributed by atoms with E-state index in [0.717, 1.165) is 38.5 Å². The minimum atomic E-state index is -0.745. The Morgan fingerprint density at radius 1 is 0.826 bits per heavy atom. The van der Waals surface area contributed by atoms with Gasteiger partial charge in [0.05, 0.1) is 0 Å². The monoisotopic (exact) mass is 328 g/mol. The van der Waals surface area contributed by atoms with Crippen LogP contribution in [0.3, 0.4) is 0 Å². The molecule has 0 radical (unpaired) electrons. The summed E-state index contributed by atoms with van der Waals surface area (Å²) in [5.74, 6) is -0.842. The number of hydrogen-bond acceptors (Lipinski definition) is 3. The van der Waals surface area contributed by atoms with Crippen molar-refractivity contribution in [2.45, 2.75) is 110 Å². The lowest BCUT2D eigenvalue weighted by Gasteiger charge is -2.16.